The zero-order valence-corrected chi connectivity index (χ0v) is 17.0. The van der Waals surface area contributed by atoms with E-state index in [1.54, 1.807) is 13.8 Å². The number of urea groups is 1. The Morgan fingerprint density at radius 3 is 2.63 bits per heavy atom. The van der Waals surface area contributed by atoms with Crippen LogP contribution in [0.25, 0.3) is 11.3 Å². The van der Waals surface area contributed by atoms with Crippen molar-refractivity contribution in [2.45, 2.75) is 26.1 Å². The lowest BCUT2D eigenvalue weighted by molar-refractivity contribution is -0.139. The average molecular weight is 443 g/mol. The number of carbonyl (C=O) groups excluding carboxylic acids is 2. The van der Waals surface area contributed by atoms with Gasteiger partial charge < -0.3 is 19.4 Å². The predicted octanol–water partition coefficient (Wildman–Crippen LogP) is 5.15. The maximum absolute atomic E-state index is 13.1. The van der Waals surface area contributed by atoms with Gasteiger partial charge in [-0.1, -0.05) is 11.6 Å². The highest BCUT2D eigenvalue weighted by Gasteiger charge is 2.37. The van der Waals surface area contributed by atoms with Gasteiger partial charge in [0, 0.05) is 18.3 Å². The number of halogens is 4. The van der Waals surface area contributed by atoms with Crippen LogP contribution in [0.5, 0.6) is 0 Å². The molecular weight excluding hydrogens is 425 g/mol. The van der Waals surface area contributed by atoms with Crippen LogP contribution in [0.2, 0.25) is 5.02 Å². The van der Waals surface area contributed by atoms with E-state index in [1.807, 2.05) is 0 Å². The lowest BCUT2D eigenvalue weighted by Crippen LogP contribution is -2.46. The number of nitrogens with one attached hydrogen (secondary N) is 1. The summed E-state index contributed by atoms with van der Waals surface area (Å²) in [5.74, 6) is -0.417. The van der Waals surface area contributed by atoms with Crippen LogP contribution >= 0.6 is 11.6 Å². The number of amides is 2. The first-order chi connectivity index (χ1) is 14.0. The molecular formula is C20H18ClF3N2O4. The molecule has 3 rings (SSSR count). The lowest BCUT2D eigenvalue weighted by Gasteiger charge is -2.31. The van der Waals surface area contributed by atoms with Gasteiger partial charge in [-0.05, 0) is 44.2 Å². The molecule has 1 aromatic carbocycles. The van der Waals surface area contributed by atoms with Crippen molar-refractivity contribution in [3.8, 4) is 11.3 Å². The Morgan fingerprint density at radius 1 is 1.30 bits per heavy atom. The van der Waals surface area contributed by atoms with Crippen molar-refractivity contribution >= 4 is 23.6 Å². The number of nitrogens with zero attached hydrogens (tertiary/aromatic N) is 1. The fourth-order valence-electron chi connectivity index (χ4n) is 3.07. The van der Waals surface area contributed by atoms with Gasteiger partial charge >= 0.3 is 18.2 Å². The number of rotatable bonds is 4. The fraction of sp³-hybridized carbons (Fsp3) is 0.300. The fourth-order valence-corrected chi connectivity index (χ4v) is 3.28. The van der Waals surface area contributed by atoms with E-state index in [0.29, 0.717) is 5.70 Å². The van der Waals surface area contributed by atoms with Crippen LogP contribution in [0.4, 0.5) is 18.0 Å². The van der Waals surface area contributed by atoms with Gasteiger partial charge in [-0.15, -0.1) is 0 Å². The molecule has 1 N–H and O–H groups in total. The van der Waals surface area contributed by atoms with Gasteiger partial charge in [0.25, 0.3) is 0 Å². The molecule has 6 nitrogen and oxygen atoms in total. The van der Waals surface area contributed by atoms with Gasteiger partial charge in [-0.3, -0.25) is 0 Å². The first-order valence-electron chi connectivity index (χ1n) is 8.93. The van der Waals surface area contributed by atoms with E-state index in [9.17, 15) is 22.8 Å². The highest BCUT2D eigenvalue weighted by molar-refractivity contribution is 6.33. The molecule has 160 valence electrons. The highest BCUT2D eigenvalue weighted by atomic mass is 35.5. The summed E-state index contributed by atoms with van der Waals surface area (Å²) in [7, 11) is 1.50. The van der Waals surface area contributed by atoms with Crippen LogP contribution in [-0.4, -0.2) is 30.6 Å². The molecule has 2 amide bonds. The second-order valence-corrected chi connectivity index (χ2v) is 6.96. The van der Waals surface area contributed by atoms with E-state index >= 15 is 0 Å². The molecule has 10 heteroatoms. The topological polar surface area (TPSA) is 71.8 Å². The number of allylic oxidation sites excluding steroid dienone is 1. The zero-order valence-electron chi connectivity index (χ0n) is 16.3. The Labute approximate surface area is 175 Å². The van der Waals surface area contributed by atoms with E-state index < -0.39 is 29.8 Å². The van der Waals surface area contributed by atoms with E-state index in [2.05, 4.69) is 5.32 Å². The summed E-state index contributed by atoms with van der Waals surface area (Å²) in [6.07, 6.45) is -4.55. The summed E-state index contributed by atoms with van der Waals surface area (Å²) in [5, 5.41) is 2.70. The molecule has 2 heterocycles. The Morgan fingerprint density at radius 2 is 2.00 bits per heavy atom. The van der Waals surface area contributed by atoms with Crippen molar-refractivity contribution in [3.63, 3.8) is 0 Å². The molecule has 0 saturated heterocycles. The van der Waals surface area contributed by atoms with Crippen LogP contribution in [0.3, 0.4) is 0 Å². The van der Waals surface area contributed by atoms with Crippen molar-refractivity contribution < 1.29 is 31.9 Å². The third-order valence-electron chi connectivity index (χ3n) is 4.72. The minimum atomic E-state index is -4.55. The summed E-state index contributed by atoms with van der Waals surface area (Å²) >= 11 is 6.07. The van der Waals surface area contributed by atoms with Crippen LogP contribution < -0.4 is 5.32 Å². The van der Waals surface area contributed by atoms with E-state index in [-0.39, 0.29) is 34.3 Å². The van der Waals surface area contributed by atoms with E-state index in [1.165, 1.54) is 24.1 Å². The van der Waals surface area contributed by atoms with Gasteiger partial charge in [-0.2, -0.15) is 13.2 Å². The van der Waals surface area contributed by atoms with Crippen molar-refractivity contribution in [2.75, 3.05) is 13.7 Å². The molecule has 0 spiro atoms. The zero-order chi connectivity index (χ0) is 22.2. The molecule has 0 unspecified atom stereocenters. The van der Waals surface area contributed by atoms with Gasteiger partial charge in [0.15, 0.2) is 0 Å². The number of benzene rings is 1. The summed E-state index contributed by atoms with van der Waals surface area (Å²) in [6, 6.07) is 4.34. The van der Waals surface area contributed by atoms with Gasteiger partial charge in [-0.25, -0.2) is 9.59 Å². The number of esters is 1. The van der Waals surface area contributed by atoms with Crippen molar-refractivity contribution in [2.24, 2.45) is 0 Å². The van der Waals surface area contributed by atoms with Crippen LogP contribution in [0.1, 0.15) is 31.2 Å². The number of carbonyl (C=O) groups is 2. The highest BCUT2D eigenvalue weighted by Crippen LogP contribution is 2.38. The normalized spacial score (nSPS) is 17.2. The standard InChI is InChI=1S/C20H18ClF3N2O4/c1-4-29-18(27)16-10(2)26(3)19(28)25-17(16)15-8-7-14(30-15)12-9-11(20(22,23)24)5-6-13(12)21/h5-9,17H,4H2,1-3H3,(H,25,28)/t17-/m0/s1. The molecule has 0 fully saturated rings. The maximum Gasteiger partial charge on any atom is 0.416 e. The molecule has 2 aromatic rings. The SMILES string of the molecule is CCOC(=O)C1=C(C)N(C)C(=O)N[C@H]1c1ccc(-c2cc(C(F)(F)F)ccc2Cl)o1. The largest absolute Gasteiger partial charge is 0.463 e. The molecule has 1 aliphatic rings. The first kappa shape index (κ1) is 21.8. The van der Waals surface area contributed by atoms with Crippen molar-refractivity contribution in [1.82, 2.24) is 10.2 Å². The molecule has 30 heavy (non-hydrogen) atoms. The lowest BCUT2D eigenvalue weighted by atomic mass is 10.00. The quantitative estimate of drug-likeness (QED) is 0.664. The minimum absolute atomic E-state index is 0.0374. The molecule has 1 aliphatic heterocycles. The number of hydrogen-bond donors (Lipinski definition) is 1. The van der Waals surface area contributed by atoms with Crippen molar-refractivity contribution in [3.05, 3.63) is 57.9 Å². The molecule has 0 aliphatic carbocycles. The Balaban J connectivity index is 2.05. The predicted molar refractivity (Wildman–Crippen MR) is 103 cm³/mol. The number of furan rings is 1. The number of alkyl halides is 3. The number of hydrogen-bond acceptors (Lipinski definition) is 4. The summed E-state index contributed by atoms with van der Waals surface area (Å²) in [6.45, 7) is 3.36. The molecule has 1 atom stereocenters. The summed E-state index contributed by atoms with van der Waals surface area (Å²) in [4.78, 5) is 26.0. The molecule has 0 bridgehead atoms. The minimum Gasteiger partial charge on any atom is -0.463 e. The van der Waals surface area contributed by atoms with E-state index in [4.69, 9.17) is 20.8 Å². The Bertz CT molecular complexity index is 1030. The van der Waals surface area contributed by atoms with Crippen LogP contribution in [-0.2, 0) is 15.7 Å². The summed E-state index contributed by atoms with van der Waals surface area (Å²) in [5.41, 5.74) is -0.307. The smallest absolute Gasteiger partial charge is 0.416 e. The third-order valence-corrected chi connectivity index (χ3v) is 5.05. The second kappa shape index (κ2) is 8.06. The third kappa shape index (κ3) is 4.02. The van der Waals surface area contributed by atoms with Crippen LogP contribution in [0.15, 0.2) is 46.0 Å². The Kier molecular flexibility index (Phi) is 5.85. The molecule has 0 radical (unpaired) electrons. The van der Waals surface area contributed by atoms with Crippen molar-refractivity contribution in [1.29, 1.82) is 0 Å². The molecule has 1 aromatic heterocycles. The Hall–Kier alpha value is -2.94. The summed E-state index contributed by atoms with van der Waals surface area (Å²) < 4.78 is 50.0. The second-order valence-electron chi connectivity index (χ2n) is 6.56. The van der Waals surface area contributed by atoms with E-state index in [0.717, 1.165) is 18.2 Å². The first-order valence-corrected chi connectivity index (χ1v) is 9.31. The molecule has 0 saturated carbocycles. The van der Waals surface area contributed by atoms with Gasteiger partial charge in [0.2, 0.25) is 0 Å². The van der Waals surface area contributed by atoms with Gasteiger partial charge in [0.1, 0.15) is 17.6 Å². The monoisotopic (exact) mass is 442 g/mol. The van der Waals surface area contributed by atoms with Crippen LogP contribution in [0, 0.1) is 0 Å². The van der Waals surface area contributed by atoms with Gasteiger partial charge in [0.05, 0.1) is 22.8 Å². The number of ether oxygens (including phenoxy) is 1. The maximum atomic E-state index is 13.1. The average Bonchev–Trinajstić information content (AvgIpc) is 3.15.